The van der Waals surface area contributed by atoms with Gasteiger partial charge in [-0.1, -0.05) is 42.5 Å². The van der Waals surface area contributed by atoms with Gasteiger partial charge in [-0.3, -0.25) is 4.79 Å². The molecule has 1 aliphatic heterocycles. The number of ether oxygens (including phenoxy) is 1. The summed E-state index contributed by atoms with van der Waals surface area (Å²) in [5.41, 5.74) is 1.52. The van der Waals surface area contributed by atoms with E-state index in [0.29, 0.717) is 32.0 Å². The molecule has 0 radical (unpaired) electrons. The Kier molecular flexibility index (Phi) is 4.30. The van der Waals surface area contributed by atoms with Crippen LogP contribution in [0.4, 0.5) is 4.39 Å². The van der Waals surface area contributed by atoms with Gasteiger partial charge in [0.1, 0.15) is 5.82 Å². The van der Waals surface area contributed by atoms with Crippen LogP contribution in [0.2, 0.25) is 0 Å². The Morgan fingerprint density at radius 2 is 1.84 bits per heavy atom. The Hall–Kier alpha value is -2.20. The maximum atomic E-state index is 13.7. The van der Waals surface area contributed by atoms with Crippen molar-refractivity contribution in [3.05, 3.63) is 71.5 Å². The van der Waals surface area contributed by atoms with Gasteiger partial charge in [0.2, 0.25) is 5.91 Å². The van der Waals surface area contributed by atoms with E-state index >= 15 is 0 Å². The van der Waals surface area contributed by atoms with E-state index in [9.17, 15) is 9.18 Å². The quantitative estimate of drug-likeness (QED) is 0.921. The molecule has 2 aliphatic rings. The number of benzene rings is 2. The summed E-state index contributed by atoms with van der Waals surface area (Å²) in [6.45, 7) is 1.15. The number of rotatable bonds is 4. The van der Waals surface area contributed by atoms with Gasteiger partial charge in [0.15, 0.2) is 0 Å². The first kappa shape index (κ1) is 16.3. The summed E-state index contributed by atoms with van der Waals surface area (Å²) in [7, 11) is 0. The highest BCUT2D eigenvalue weighted by Gasteiger charge is 2.47. The van der Waals surface area contributed by atoms with Crippen LogP contribution in [0.1, 0.15) is 36.3 Å². The molecule has 1 saturated heterocycles. The molecule has 4 heteroatoms. The lowest BCUT2D eigenvalue weighted by Gasteiger charge is -2.38. The van der Waals surface area contributed by atoms with Crippen LogP contribution in [-0.4, -0.2) is 19.1 Å². The minimum atomic E-state index is -0.527. The molecule has 1 heterocycles. The van der Waals surface area contributed by atoms with E-state index in [0.717, 1.165) is 12.0 Å². The molecule has 1 aliphatic carbocycles. The Morgan fingerprint density at radius 1 is 1.08 bits per heavy atom. The van der Waals surface area contributed by atoms with Crippen LogP contribution in [0.15, 0.2) is 54.6 Å². The zero-order chi connectivity index (χ0) is 17.3. The van der Waals surface area contributed by atoms with Gasteiger partial charge in [-0.25, -0.2) is 4.39 Å². The lowest BCUT2D eigenvalue weighted by molar-refractivity contribution is -0.125. The van der Waals surface area contributed by atoms with E-state index in [1.165, 1.54) is 17.7 Å². The van der Waals surface area contributed by atoms with Gasteiger partial charge >= 0.3 is 0 Å². The van der Waals surface area contributed by atoms with Crippen molar-refractivity contribution in [1.29, 1.82) is 0 Å². The van der Waals surface area contributed by atoms with Crippen LogP contribution in [0, 0.1) is 11.7 Å². The van der Waals surface area contributed by atoms with Crippen LogP contribution in [0.5, 0.6) is 0 Å². The summed E-state index contributed by atoms with van der Waals surface area (Å²) in [4.78, 5) is 12.9. The second-order valence-corrected chi connectivity index (χ2v) is 7.05. The topological polar surface area (TPSA) is 38.3 Å². The number of hydrogen-bond donors (Lipinski definition) is 1. The predicted octanol–water partition coefficient (Wildman–Crippen LogP) is 3.75. The zero-order valence-corrected chi connectivity index (χ0v) is 14.1. The van der Waals surface area contributed by atoms with E-state index < -0.39 is 5.54 Å². The molecule has 2 aromatic carbocycles. The fraction of sp³-hybridized carbons (Fsp3) is 0.381. The fourth-order valence-electron chi connectivity index (χ4n) is 3.87. The molecule has 2 fully saturated rings. The first-order valence-corrected chi connectivity index (χ1v) is 8.89. The number of nitrogens with one attached hydrogen (secondary N) is 1. The minimum absolute atomic E-state index is 0.00989. The van der Waals surface area contributed by atoms with E-state index in [1.807, 2.05) is 24.3 Å². The maximum absolute atomic E-state index is 13.7. The number of carbonyl (C=O) groups is 1. The molecule has 130 valence electrons. The van der Waals surface area contributed by atoms with Gasteiger partial charge in [0, 0.05) is 19.1 Å². The third kappa shape index (κ3) is 3.31. The van der Waals surface area contributed by atoms with Crippen molar-refractivity contribution in [2.24, 2.45) is 5.92 Å². The van der Waals surface area contributed by atoms with Gasteiger partial charge < -0.3 is 10.1 Å². The second-order valence-electron chi connectivity index (χ2n) is 7.05. The molecular formula is C21H22FNO2. The van der Waals surface area contributed by atoms with Gasteiger partial charge in [0.05, 0.1) is 5.54 Å². The summed E-state index contributed by atoms with van der Waals surface area (Å²) in [5.74, 6) is 0.104. The smallest absolute Gasteiger partial charge is 0.224 e. The van der Waals surface area contributed by atoms with E-state index in [4.69, 9.17) is 4.74 Å². The Bertz CT molecular complexity index is 756. The van der Waals surface area contributed by atoms with Crippen molar-refractivity contribution in [3.63, 3.8) is 0 Å². The number of carbonyl (C=O) groups excluding carboxylic acids is 1. The standard InChI is InChI=1S/C21H22FNO2/c22-17-8-4-7-16(13-17)21(9-11-25-12-10-21)23-20(24)19-14-18(19)15-5-2-1-3-6-15/h1-8,13,18-19H,9-12,14H2,(H,23,24)/t18-,19-/m0/s1. The van der Waals surface area contributed by atoms with Crippen molar-refractivity contribution in [2.45, 2.75) is 30.7 Å². The second kappa shape index (κ2) is 6.60. The molecule has 25 heavy (non-hydrogen) atoms. The largest absolute Gasteiger partial charge is 0.381 e. The highest BCUT2D eigenvalue weighted by molar-refractivity contribution is 5.83. The molecule has 1 saturated carbocycles. The molecule has 1 amide bonds. The summed E-state index contributed by atoms with van der Waals surface area (Å²) in [5, 5.41) is 3.25. The lowest BCUT2D eigenvalue weighted by Crippen LogP contribution is -2.50. The molecule has 1 N–H and O–H groups in total. The third-order valence-electron chi connectivity index (χ3n) is 5.44. The van der Waals surface area contributed by atoms with Gasteiger partial charge in [-0.05, 0) is 48.4 Å². The highest BCUT2D eigenvalue weighted by atomic mass is 19.1. The van der Waals surface area contributed by atoms with Crippen molar-refractivity contribution in [3.8, 4) is 0 Å². The lowest BCUT2D eigenvalue weighted by atomic mass is 9.82. The average molecular weight is 339 g/mol. The van der Waals surface area contributed by atoms with Gasteiger partial charge in [0.25, 0.3) is 0 Å². The third-order valence-corrected chi connectivity index (χ3v) is 5.44. The van der Waals surface area contributed by atoms with E-state index in [1.54, 1.807) is 6.07 Å². The summed E-state index contributed by atoms with van der Waals surface area (Å²) in [6.07, 6.45) is 2.22. The molecule has 0 aromatic heterocycles. The molecule has 0 bridgehead atoms. The predicted molar refractivity (Wildman–Crippen MR) is 93.6 cm³/mol. The van der Waals surface area contributed by atoms with Crippen molar-refractivity contribution in [2.75, 3.05) is 13.2 Å². The molecule has 2 atom stereocenters. The Labute approximate surface area is 147 Å². The zero-order valence-electron chi connectivity index (χ0n) is 14.1. The van der Waals surface area contributed by atoms with Crippen LogP contribution in [-0.2, 0) is 15.1 Å². The van der Waals surface area contributed by atoms with Crippen LogP contribution in [0.25, 0.3) is 0 Å². The van der Waals surface area contributed by atoms with Crippen LogP contribution in [0.3, 0.4) is 0 Å². The molecule has 0 unspecified atom stereocenters. The monoisotopic (exact) mass is 339 g/mol. The number of halogens is 1. The first-order chi connectivity index (χ1) is 12.2. The van der Waals surface area contributed by atoms with Crippen LogP contribution >= 0.6 is 0 Å². The normalized spacial score (nSPS) is 24.5. The molecule has 2 aromatic rings. The number of hydrogen-bond acceptors (Lipinski definition) is 2. The van der Waals surface area contributed by atoms with Crippen molar-refractivity contribution >= 4 is 5.91 Å². The summed E-state index contributed by atoms with van der Waals surface area (Å²) in [6, 6.07) is 16.7. The van der Waals surface area contributed by atoms with Gasteiger partial charge in [-0.2, -0.15) is 0 Å². The fourth-order valence-corrected chi connectivity index (χ4v) is 3.87. The molecule has 3 nitrogen and oxygen atoms in total. The average Bonchev–Trinajstić information content (AvgIpc) is 3.44. The van der Waals surface area contributed by atoms with Crippen LogP contribution < -0.4 is 5.32 Å². The first-order valence-electron chi connectivity index (χ1n) is 8.89. The Morgan fingerprint density at radius 3 is 2.56 bits per heavy atom. The number of amides is 1. The molecular weight excluding hydrogens is 317 g/mol. The SMILES string of the molecule is O=C(NC1(c2cccc(F)c2)CCOCC1)[C@H]1C[C@H]1c1ccccc1. The molecule has 0 spiro atoms. The minimum Gasteiger partial charge on any atom is -0.381 e. The van der Waals surface area contributed by atoms with E-state index in [2.05, 4.69) is 17.4 Å². The summed E-state index contributed by atoms with van der Waals surface area (Å²) >= 11 is 0. The Balaban J connectivity index is 1.53. The maximum Gasteiger partial charge on any atom is 0.224 e. The van der Waals surface area contributed by atoms with Crippen molar-refractivity contribution < 1.29 is 13.9 Å². The highest BCUT2D eigenvalue weighted by Crippen LogP contribution is 2.48. The molecule has 4 rings (SSSR count). The van der Waals surface area contributed by atoms with Gasteiger partial charge in [-0.15, -0.1) is 0 Å². The summed E-state index contributed by atoms with van der Waals surface area (Å²) < 4.78 is 19.2. The van der Waals surface area contributed by atoms with E-state index in [-0.39, 0.29) is 17.6 Å². The van der Waals surface area contributed by atoms with Crippen molar-refractivity contribution in [1.82, 2.24) is 5.32 Å².